The zero-order chi connectivity index (χ0) is 32.6. The van der Waals surface area contributed by atoms with Crippen LogP contribution in [-0.4, -0.2) is 43.8 Å². The summed E-state index contributed by atoms with van der Waals surface area (Å²) in [5.74, 6) is -0.797. The first-order chi connectivity index (χ1) is 21.5. The molecule has 0 saturated carbocycles. The average molecular weight is 646 g/mol. The van der Waals surface area contributed by atoms with Crippen molar-refractivity contribution >= 4 is 39.1 Å². The van der Waals surface area contributed by atoms with Crippen molar-refractivity contribution in [3.63, 3.8) is 0 Å². The van der Waals surface area contributed by atoms with E-state index in [1.807, 2.05) is 81.4 Å². The van der Waals surface area contributed by atoms with Crippen LogP contribution in [-0.2, 0) is 32.6 Å². The third-order valence-corrected chi connectivity index (χ3v) is 9.80. The number of aryl methyl sites for hydroxylation is 2. The molecule has 0 aliphatic carbocycles. The Morgan fingerprint density at radius 3 is 2.13 bits per heavy atom. The van der Waals surface area contributed by atoms with Crippen LogP contribution in [0.5, 0.6) is 0 Å². The maximum absolute atomic E-state index is 14.6. The molecule has 0 fully saturated rings. The fraction of sp³-hybridized carbons (Fsp3) is 0.278. The summed E-state index contributed by atoms with van der Waals surface area (Å²) in [6.07, 6.45) is 0.977. The summed E-state index contributed by atoms with van der Waals surface area (Å²) in [5, 5.41) is 3.46. The van der Waals surface area contributed by atoms with Gasteiger partial charge in [-0.05, 0) is 74.2 Å². The number of hydrogen-bond acceptors (Lipinski definition) is 4. The highest BCUT2D eigenvalue weighted by Crippen LogP contribution is 2.28. The highest BCUT2D eigenvalue weighted by atomic mass is 35.5. The van der Waals surface area contributed by atoms with Crippen molar-refractivity contribution in [1.82, 2.24) is 10.2 Å². The summed E-state index contributed by atoms with van der Waals surface area (Å²) in [4.78, 5) is 30.0. The van der Waals surface area contributed by atoms with Crippen molar-refractivity contribution in [1.29, 1.82) is 0 Å². The van der Waals surface area contributed by atoms with E-state index in [-0.39, 0.29) is 29.8 Å². The Bertz CT molecular complexity index is 1710. The van der Waals surface area contributed by atoms with Crippen LogP contribution in [0.25, 0.3) is 0 Å². The van der Waals surface area contributed by atoms with Crippen LogP contribution in [0, 0.1) is 13.8 Å². The van der Waals surface area contributed by atoms with Crippen molar-refractivity contribution < 1.29 is 18.0 Å². The summed E-state index contributed by atoms with van der Waals surface area (Å²) >= 11 is 6.07. The molecule has 236 valence electrons. The molecule has 45 heavy (non-hydrogen) atoms. The quantitative estimate of drug-likeness (QED) is 0.175. The number of carbonyl (C=O) groups excluding carboxylic acids is 2. The van der Waals surface area contributed by atoms with Gasteiger partial charge in [-0.1, -0.05) is 96.9 Å². The minimum atomic E-state index is -4.20. The third kappa shape index (κ3) is 8.74. The van der Waals surface area contributed by atoms with Crippen LogP contribution < -0.4 is 9.62 Å². The maximum atomic E-state index is 14.6. The van der Waals surface area contributed by atoms with E-state index < -0.39 is 28.5 Å². The Morgan fingerprint density at radius 1 is 0.844 bits per heavy atom. The number of para-hydroxylation sites is 1. The lowest BCUT2D eigenvalue weighted by Gasteiger charge is -2.34. The Morgan fingerprint density at radius 2 is 1.49 bits per heavy atom. The zero-order valence-electron chi connectivity index (χ0n) is 26.1. The molecule has 0 aromatic heterocycles. The Kier molecular flexibility index (Phi) is 11.4. The van der Waals surface area contributed by atoms with Crippen molar-refractivity contribution in [3.05, 3.63) is 130 Å². The monoisotopic (exact) mass is 645 g/mol. The number of anilines is 1. The molecule has 0 unspecified atom stereocenters. The van der Waals surface area contributed by atoms with Crippen LogP contribution in [0.3, 0.4) is 0 Å². The topological polar surface area (TPSA) is 86.8 Å². The lowest BCUT2D eigenvalue weighted by atomic mass is 10.0. The second-order valence-corrected chi connectivity index (χ2v) is 13.6. The molecule has 0 aliphatic heterocycles. The van der Waals surface area contributed by atoms with Crippen molar-refractivity contribution in [2.45, 2.75) is 64.1 Å². The molecule has 9 heteroatoms. The molecular weight excluding hydrogens is 606 g/mol. The summed E-state index contributed by atoms with van der Waals surface area (Å²) in [5.41, 5.74) is 3.79. The minimum absolute atomic E-state index is 0.00327. The molecule has 2 amide bonds. The number of amides is 2. The Balaban J connectivity index is 1.82. The number of hydrogen-bond donors (Lipinski definition) is 1. The van der Waals surface area contributed by atoms with Gasteiger partial charge >= 0.3 is 0 Å². The number of halogens is 1. The molecule has 0 aliphatic rings. The van der Waals surface area contributed by atoms with Gasteiger partial charge in [0.2, 0.25) is 11.8 Å². The molecule has 7 nitrogen and oxygen atoms in total. The summed E-state index contributed by atoms with van der Waals surface area (Å²) < 4.78 is 29.5. The van der Waals surface area contributed by atoms with Crippen LogP contribution in [0.4, 0.5) is 5.69 Å². The van der Waals surface area contributed by atoms with E-state index in [0.29, 0.717) is 16.3 Å². The van der Waals surface area contributed by atoms with Gasteiger partial charge in [-0.3, -0.25) is 13.9 Å². The number of nitrogens with zero attached hydrogens (tertiary/aromatic N) is 2. The number of carbonyl (C=O) groups is 2. The van der Waals surface area contributed by atoms with E-state index in [1.165, 1.54) is 29.2 Å². The van der Waals surface area contributed by atoms with Gasteiger partial charge in [-0.15, -0.1) is 0 Å². The minimum Gasteiger partial charge on any atom is -0.352 e. The standard InChI is InChI=1S/C36H40ClN3O4S/c1-5-28(4)38-36(42)34(23-29-14-7-6-8-15-29)39(24-30-16-11-12-26(2)22-30)35(41)25-40(33-17-10-9-13-27(33)3)45(43,44)32-20-18-31(37)19-21-32/h6-22,28,34H,5,23-25H2,1-4H3,(H,38,42)/t28-,34-/m0/s1. The Labute approximate surface area is 271 Å². The van der Waals surface area contributed by atoms with E-state index in [0.717, 1.165) is 27.4 Å². The summed E-state index contributed by atoms with van der Waals surface area (Å²) in [6.45, 7) is 7.27. The molecule has 0 radical (unpaired) electrons. The maximum Gasteiger partial charge on any atom is 0.264 e. The van der Waals surface area contributed by atoms with Crippen molar-refractivity contribution in [2.24, 2.45) is 0 Å². The number of rotatable bonds is 13. The summed E-state index contributed by atoms with van der Waals surface area (Å²) in [6, 6.07) is 29.1. The largest absolute Gasteiger partial charge is 0.352 e. The predicted octanol–water partition coefficient (Wildman–Crippen LogP) is 6.71. The second kappa shape index (κ2) is 15.2. The van der Waals surface area contributed by atoms with E-state index in [4.69, 9.17) is 11.6 Å². The van der Waals surface area contributed by atoms with Crippen LogP contribution in [0.1, 0.15) is 42.5 Å². The Hall–Kier alpha value is -4.14. The molecule has 0 bridgehead atoms. The number of benzene rings is 4. The lowest BCUT2D eigenvalue weighted by molar-refractivity contribution is -0.140. The fourth-order valence-electron chi connectivity index (χ4n) is 5.09. The molecule has 1 N–H and O–H groups in total. The van der Waals surface area contributed by atoms with Gasteiger partial charge in [-0.2, -0.15) is 0 Å². The second-order valence-electron chi connectivity index (χ2n) is 11.3. The van der Waals surface area contributed by atoms with E-state index in [1.54, 1.807) is 25.1 Å². The van der Waals surface area contributed by atoms with E-state index in [9.17, 15) is 18.0 Å². The average Bonchev–Trinajstić information content (AvgIpc) is 3.02. The van der Waals surface area contributed by atoms with Gasteiger partial charge in [0, 0.05) is 24.0 Å². The van der Waals surface area contributed by atoms with E-state index in [2.05, 4.69) is 5.32 Å². The highest BCUT2D eigenvalue weighted by Gasteiger charge is 2.35. The summed E-state index contributed by atoms with van der Waals surface area (Å²) in [7, 11) is -4.20. The van der Waals surface area contributed by atoms with Crippen molar-refractivity contribution in [2.75, 3.05) is 10.8 Å². The SMILES string of the molecule is CC[C@H](C)NC(=O)[C@H](Cc1ccccc1)N(Cc1cccc(C)c1)C(=O)CN(c1ccccc1C)S(=O)(=O)c1ccc(Cl)cc1. The van der Waals surface area contributed by atoms with Crippen LogP contribution >= 0.6 is 11.6 Å². The zero-order valence-corrected chi connectivity index (χ0v) is 27.7. The lowest BCUT2D eigenvalue weighted by Crippen LogP contribution is -2.54. The van der Waals surface area contributed by atoms with Crippen molar-refractivity contribution in [3.8, 4) is 0 Å². The van der Waals surface area contributed by atoms with Gasteiger partial charge in [0.25, 0.3) is 10.0 Å². The smallest absolute Gasteiger partial charge is 0.264 e. The third-order valence-electron chi connectivity index (χ3n) is 7.77. The van der Waals surface area contributed by atoms with Crippen LogP contribution in [0.15, 0.2) is 108 Å². The molecular formula is C36H40ClN3O4S. The fourth-order valence-corrected chi connectivity index (χ4v) is 6.70. The number of nitrogens with one attached hydrogen (secondary N) is 1. The van der Waals surface area contributed by atoms with Gasteiger partial charge < -0.3 is 10.2 Å². The molecule has 2 atom stereocenters. The first-order valence-electron chi connectivity index (χ1n) is 15.0. The van der Waals surface area contributed by atoms with E-state index >= 15 is 0 Å². The normalized spacial score (nSPS) is 12.6. The van der Waals surface area contributed by atoms with Gasteiger partial charge in [0.1, 0.15) is 12.6 Å². The van der Waals surface area contributed by atoms with Gasteiger partial charge in [0.15, 0.2) is 0 Å². The molecule has 0 heterocycles. The molecule has 4 aromatic carbocycles. The molecule has 0 spiro atoms. The molecule has 4 aromatic rings. The molecule has 4 rings (SSSR count). The first-order valence-corrected chi connectivity index (χ1v) is 16.8. The molecule has 0 saturated heterocycles. The number of sulfonamides is 1. The predicted molar refractivity (Wildman–Crippen MR) is 181 cm³/mol. The van der Waals surface area contributed by atoms with Gasteiger partial charge in [-0.25, -0.2) is 8.42 Å². The first kappa shape index (κ1) is 33.7. The van der Waals surface area contributed by atoms with Crippen LogP contribution in [0.2, 0.25) is 5.02 Å². The highest BCUT2D eigenvalue weighted by molar-refractivity contribution is 7.92. The van der Waals surface area contributed by atoms with Gasteiger partial charge in [0.05, 0.1) is 10.6 Å².